The van der Waals surface area contributed by atoms with Crippen LogP contribution in [0.2, 0.25) is 0 Å². The third-order valence-electron chi connectivity index (χ3n) is 3.00. The molecule has 1 heterocycles. The molecule has 3 N–H and O–H groups in total. The molecule has 0 bridgehead atoms. The highest BCUT2D eigenvalue weighted by atomic mass is 79.9. The van der Waals surface area contributed by atoms with Crippen molar-refractivity contribution in [3.8, 4) is 11.3 Å². The molecule has 0 aliphatic rings. The lowest BCUT2D eigenvalue weighted by molar-refractivity contribution is 1.33. The molecular formula is C15H12BrN3. The number of rotatable bonds is 2. The van der Waals surface area contributed by atoms with Crippen LogP contribution in [0.4, 0.5) is 5.69 Å². The van der Waals surface area contributed by atoms with Crippen molar-refractivity contribution in [1.29, 1.82) is 0 Å². The van der Waals surface area contributed by atoms with E-state index in [2.05, 4.69) is 26.3 Å². The number of benzene rings is 2. The van der Waals surface area contributed by atoms with Crippen molar-refractivity contribution < 1.29 is 0 Å². The molecule has 94 valence electrons. The number of hydrogen-bond donors (Lipinski definition) is 2. The summed E-state index contributed by atoms with van der Waals surface area (Å²) in [6, 6.07) is 18.0. The molecule has 2 aromatic carbocycles. The Hall–Kier alpha value is -1.91. The predicted octanol–water partition coefficient (Wildman–Crippen LogP) is 3.95. The van der Waals surface area contributed by atoms with E-state index < -0.39 is 0 Å². The lowest BCUT2D eigenvalue weighted by Crippen LogP contribution is -2.07. The summed E-state index contributed by atoms with van der Waals surface area (Å²) in [6.45, 7) is 0. The van der Waals surface area contributed by atoms with Crippen LogP contribution in [0.5, 0.6) is 0 Å². The van der Waals surface area contributed by atoms with E-state index in [-0.39, 0.29) is 0 Å². The summed E-state index contributed by atoms with van der Waals surface area (Å²) in [5, 5.41) is 0.997. The van der Waals surface area contributed by atoms with Crippen molar-refractivity contribution in [2.24, 2.45) is 5.84 Å². The van der Waals surface area contributed by atoms with Gasteiger partial charge in [-0.1, -0.05) is 46.3 Å². The number of halogens is 1. The molecule has 3 aromatic rings. The number of anilines is 1. The van der Waals surface area contributed by atoms with E-state index in [1.807, 2.05) is 54.6 Å². The number of nitrogens with zero attached hydrogens (tertiary/aromatic N) is 1. The van der Waals surface area contributed by atoms with E-state index >= 15 is 0 Å². The summed E-state index contributed by atoms with van der Waals surface area (Å²) >= 11 is 3.46. The fourth-order valence-corrected chi connectivity index (χ4v) is 2.44. The zero-order valence-electron chi connectivity index (χ0n) is 10.1. The molecule has 0 amide bonds. The Bertz CT molecular complexity index is 726. The van der Waals surface area contributed by atoms with Gasteiger partial charge in [0.1, 0.15) is 0 Å². The molecule has 0 aliphatic carbocycles. The van der Waals surface area contributed by atoms with Crippen molar-refractivity contribution in [3.05, 3.63) is 59.1 Å². The average Bonchev–Trinajstić information content (AvgIpc) is 2.47. The summed E-state index contributed by atoms with van der Waals surface area (Å²) in [5.74, 6) is 5.62. The average molecular weight is 314 g/mol. The van der Waals surface area contributed by atoms with Gasteiger partial charge in [0.25, 0.3) is 0 Å². The Balaban J connectivity index is 2.26. The van der Waals surface area contributed by atoms with Gasteiger partial charge < -0.3 is 5.43 Å². The Kier molecular flexibility index (Phi) is 3.19. The highest BCUT2D eigenvalue weighted by Gasteiger charge is 2.07. The highest BCUT2D eigenvalue weighted by molar-refractivity contribution is 9.10. The van der Waals surface area contributed by atoms with Crippen LogP contribution in [0.3, 0.4) is 0 Å². The Labute approximate surface area is 119 Å². The number of nitrogens with two attached hydrogens (primary N) is 1. The Morgan fingerprint density at radius 1 is 1.00 bits per heavy atom. The minimum Gasteiger partial charge on any atom is -0.323 e. The highest BCUT2D eigenvalue weighted by Crippen LogP contribution is 2.29. The fourth-order valence-electron chi connectivity index (χ4n) is 2.07. The first-order chi connectivity index (χ1) is 9.28. The van der Waals surface area contributed by atoms with Gasteiger partial charge in [-0.05, 0) is 24.3 Å². The summed E-state index contributed by atoms with van der Waals surface area (Å²) < 4.78 is 1.01. The van der Waals surface area contributed by atoms with Crippen molar-refractivity contribution in [2.45, 2.75) is 0 Å². The van der Waals surface area contributed by atoms with E-state index in [9.17, 15) is 0 Å². The lowest BCUT2D eigenvalue weighted by atomic mass is 10.1. The minimum absolute atomic E-state index is 0.866. The third-order valence-corrected chi connectivity index (χ3v) is 3.49. The maximum atomic E-state index is 5.62. The summed E-state index contributed by atoms with van der Waals surface area (Å²) in [4.78, 5) is 4.68. The SMILES string of the molecule is NNc1cc(-c2ccccc2)nc2ccc(Br)cc12. The predicted molar refractivity (Wildman–Crippen MR) is 82.7 cm³/mol. The van der Waals surface area contributed by atoms with Crippen LogP contribution in [-0.4, -0.2) is 4.98 Å². The molecule has 0 fully saturated rings. The molecule has 0 atom stereocenters. The Morgan fingerprint density at radius 2 is 1.79 bits per heavy atom. The van der Waals surface area contributed by atoms with Crippen LogP contribution in [0.15, 0.2) is 59.1 Å². The number of nitrogens with one attached hydrogen (secondary N) is 1. The monoisotopic (exact) mass is 313 g/mol. The fraction of sp³-hybridized carbons (Fsp3) is 0. The number of fused-ring (bicyclic) bond motifs is 1. The number of aromatic nitrogens is 1. The van der Waals surface area contributed by atoms with Crippen LogP contribution in [0.1, 0.15) is 0 Å². The topological polar surface area (TPSA) is 50.9 Å². The molecule has 0 radical (unpaired) electrons. The number of hydrazine groups is 1. The summed E-state index contributed by atoms with van der Waals surface area (Å²) in [6.07, 6.45) is 0. The first-order valence-electron chi connectivity index (χ1n) is 5.90. The smallest absolute Gasteiger partial charge is 0.0731 e. The first-order valence-corrected chi connectivity index (χ1v) is 6.69. The quantitative estimate of drug-likeness (QED) is 0.556. The normalized spacial score (nSPS) is 10.6. The van der Waals surface area contributed by atoms with E-state index in [1.165, 1.54) is 0 Å². The Morgan fingerprint density at radius 3 is 2.53 bits per heavy atom. The second-order valence-corrected chi connectivity index (χ2v) is 5.14. The van der Waals surface area contributed by atoms with Gasteiger partial charge in [-0.15, -0.1) is 0 Å². The van der Waals surface area contributed by atoms with Gasteiger partial charge >= 0.3 is 0 Å². The molecule has 3 nitrogen and oxygen atoms in total. The standard InChI is InChI=1S/C15H12BrN3/c16-11-6-7-13-12(8-11)15(19-17)9-14(18-13)10-4-2-1-3-5-10/h1-9H,17H2,(H,18,19). The zero-order chi connectivity index (χ0) is 13.2. The number of hydrogen-bond acceptors (Lipinski definition) is 3. The van der Waals surface area contributed by atoms with E-state index in [0.717, 1.165) is 32.3 Å². The van der Waals surface area contributed by atoms with Gasteiger partial charge in [-0.25, -0.2) is 4.98 Å². The van der Waals surface area contributed by atoms with Gasteiger partial charge in [0.05, 0.1) is 16.9 Å². The minimum atomic E-state index is 0.866. The maximum absolute atomic E-state index is 5.62. The first kappa shape index (κ1) is 12.1. The summed E-state index contributed by atoms with van der Waals surface area (Å²) in [7, 11) is 0. The van der Waals surface area contributed by atoms with Gasteiger partial charge in [-0.3, -0.25) is 5.84 Å². The zero-order valence-corrected chi connectivity index (χ0v) is 11.7. The molecule has 4 heteroatoms. The molecule has 19 heavy (non-hydrogen) atoms. The molecular weight excluding hydrogens is 302 g/mol. The third kappa shape index (κ3) is 2.32. The van der Waals surface area contributed by atoms with Crippen LogP contribution in [0.25, 0.3) is 22.2 Å². The van der Waals surface area contributed by atoms with Crippen LogP contribution >= 0.6 is 15.9 Å². The maximum Gasteiger partial charge on any atom is 0.0731 e. The molecule has 0 spiro atoms. The van der Waals surface area contributed by atoms with Gasteiger partial charge in [0.15, 0.2) is 0 Å². The van der Waals surface area contributed by atoms with Crippen LogP contribution in [0, 0.1) is 0 Å². The lowest BCUT2D eigenvalue weighted by Gasteiger charge is -2.09. The largest absolute Gasteiger partial charge is 0.323 e. The molecule has 0 aliphatic heterocycles. The van der Waals surface area contributed by atoms with Gasteiger partial charge in [0.2, 0.25) is 0 Å². The number of nitrogen functional groups attached to an aromatic ring is 1. The van der Waals surface area contributed by atoms with E-state index in [0.29, 0.717) is 0 Å². The molecule has 3 rings (SSSR count). The molecule has 0 unspecified atom stereocenters. The molecule has 1 aromatic heterocycles. The van der Waals surface area contributed by atoms with Crippen LogP contribution in [-0.2, 0) is 0 Å². The van der Waals surface area contributed by atoms with E-state index in [4.69, 9.17) is 5.84 Å². The second kappa shape index (κ2) is 4.99. The van der Waals surface area contributed by atoms with Crippen molar-refractivity contribution in [3.63, 3.8) is 0 Å². The van der Waals surface area contributed by atoms with Crippen LogP contribution < -0.4 is 11.3 Å². The molecule has 0 saturated heterocycles. The van der Waals surface area contributed by atoms with Crippen molar-refractivity contribution in [2.75, 3.05) is 5.43 Å². The van der Waals surface area contributed by atoms with Gasteiger partial charge in [-0.2, -0.15) is 0 Å². The molecule has 0 saturated carbocycles. The van der Waals surface area contributed by atoms with E-state index in [1.54, 1.807) is 0 Å². The van der Waals surface area contributed by atoms with Crippen molar-refractivity contribution in [1.82, 2.24) is 4.98 Å². The number of pyridine rings is 1. The second-order valence-electron chi connectivity index (χ2n) is 4.23. The van der Waals surface area contributed by atoms with Crippen molar-refractivity contribution >= 4 is 32.5 Å². The van der Waals surface area contributed by atoms with Gasteiger partial charge in [0, 0.05) is 15.4 Å². The summed E-state index contributed by atoms with van der Waals surface area (Å²) in [5.41, 5.74) is 6.51.